The maximum absolute atomic E-state index is 12.7. The SMILES string of the molecule is COc1ccc(S(=O)(=O)N(C)CC(=O)N/N=C/c2ccc(N(C)C)cc2)cc1C. The molecule has 0 radical (unpaired) electrons. The van der Waals surface area contributed by atoms with Crippen molar-refractivity contribution in [2.75, 3.05) is 39.7 Å². The fourth-order valence-electron chi connectivity index (χ4n) is 2.55. The van der Waals surface area contributed by atoms with Crippen LogP contribution >= 0.6 is 0 Å². The number of hydrazone groups is 1. The number of carbonyl (C=O) groups excluding carboxylic acids is 1. The first-order chi connectivity index (χ1) is 13.6. The molecule has 1 amide bonds. The second kappa shape index (κ2) is 9.53. The number of sulfonamides is 1. The molecule has 0 unspecified atom stereocenters. The first kappa shape index (κ1) is 22.4. The average molecular weight is 419 g/mol. The third-order valence-electron chi connectivity index (χ3n) is 4.25. The molecule has 0 bridgehead atoms. The van der Waals surface area contributed by atoms with Crippen molar-refractivity contribution in [3.05, 3.63) is 53.6 Å². The van der Waals surface area contributed by atoms with E-state index in [1.807, 2.05) is 43.3 Å². The molecule has 1 N–H and O–H groups in total. The van der Waals surface area contributed by atoms with Crippen LogP contribution in [0.1, 0.15) is 11.1 Å². The summed E-state index contributed by atoms with van der Waals surface area (Å²) in [5.41, 5.74) is 4.90. The quantitative estimate of drug-likeness (QED) is 0.522. The predicted octanol–water partition coefficient (Wildman–Crippen LogP) is 1.84. The molecule has 0 aliphatic carbocycles. The van der Waals surface area contributed by atoms with Gasteiger partial charge in [0.2, 0.25) is 10.0 Å². The minimum Gasteiger partial charge on any atom is -0.496 e. The molecule has 0 saturated carbocycles. The van der Waals surface area contributed by atoms with E-state index in [0.717, 1.165) is 15.6 Å². The third-order valence-corrected chi connectivity index (χ3v) is 6.05. The Morgan fingerprint density at radius 1 is 1.14 bits per heavy atom. The van der Waals surface area contributed by atoms with Crippen molar-refractivity contribution in [2.45, 2.75) is 11.8 Å². The summed E-state index contributed by atoms with van der Waals surface area (Å²) in [5.74, 6) is 0.0553. The van der Waals surface area contributed by atoms with E-state index in [2.05, 4.69) is 10.5 Å². The van der Waals surface area contributed by atoms with E-state index in [9.17, 15) is 13.2 Å². The number of nitrogens with zero attached hydrogens (tertiary/aromatic N) is 3. The van der Waals surface area contributed by atoms with Gasteiger partial charge < -0.3 is 9.64 Å². The number of nitrogens with one attached hydrogen (secondary N) is 1. The second-order valence-corrected chi connectivity index (χ2v) is 8.72. The number of likely N-dealkylation sites (N-methyl/N-ethyl adjacent to an activating group) is 1. The molecule has 0 aliphatic rings. The molecule has 0 atom stereocenters. The van der Waals surface area contributed by atoms with Gasteiger partial charge in [0.1, 0.15) is 5.75 Å². The topological polar surface area (TPSA) is 91.3 Å². The maximum atomic E-state index is 12.7. The minimum absolute atomic E-state index is 0.0931. The van der Waals surface area contributed by atoms with Crippen LogP contribution in [0.3, 0.4) is 0 Å². The Labute approximate surface area is 171 Å². The average Bonchev–Trinajstić information content (AvgIpc) is 2.68. The van der Waals surface area contributed by atoms with Crippen molar-refractivity contribution in [3.63, 3.8) is 0 Å². The molecule has 0 aliphatic heterocycles. The van der Waals surface area contributed by atoms with Gasteiger partial charge in [-0.1, -0.05) is 12.1 Å². The number of benzene rings is 2. The Morgan fingerprint density at radius 2 is 1.79 bits per heavy atom. The molecule has 2 rings (SSSR count). The number of amides is 1. The molecule has 9 heteroatoms. The molecule has 8 nitrogen and oxygen atoms in total. The van der Waals surface area contributed by atoms with Gasteiger partial charge in [0.25, 0.3) is 5.91 Å². The van der Waals surface area contributed by atoms with Crippen LogP contribution in [0, 0.1) is 6.92 Å². The van der Waals surface area contributed by atoms with Crippen molar-refractivity contribution in [1.82, 2.24) is 9.73 Å². The van der Waals surface area contributed by atoms with Crippen LogP contribution in [0.25, 0.3) is 0 Å². The molecular formula is C20H26N4O4S. The van der Waals surface area contributed by atoms with Gasteiger partial charge in [0.05, 0.1) is 24.8 Å². The minimum atomic E-state index is -3.81. The van der Waals surface area contributed by atoms with Gasteiger partial charge in [-0.05, 0) is 48.4 Å². The molecule has 29 heavy (non-hydrogen) atoms. The van der Waals surface area contributed by atoms with Gasteiger partial charge in [-0.15, -0.1) is 0 Å². The fourth-order valence-corrected chi connectivity index (χ4v) is 3.76. The van der Waals surface area contributed by atoms with Crippen molar-refractivity contribution in [1.29, 1.82) is 0 Å². The zero-order chi connectivity index (χ0) is 21.6. The van der Waals surface area contributed by atoms with E-state index in [1.165, 1.54) is 32.5 Å². The van der Waals surface area contributed by atoms with E-state index in [1.54, 1.807) is 13.0 Å². The van der Waals surface area contributed by atoms with Gasteiger partial charge in [-0.25, -0.2) is 13.8 Å². The lowest BCUT2D eigenvalue weighted by atomic mass is 10.2. The first-order valence-corrected chi connectivity index (χ1v) is 10.3. The van der Waals surface area contributed by atoms with Crippen molar-refractivity contribution >= 4 is 27.8 Å². The van der Waals surface area contributed by atoms with Crippen molar-refractivity contribution in [3.8, 4) is 5.75 Å². The maximum Gasteiger partial charge on any atom is 0.255 e. The highest BCUT2D eigenvalue weighted by Gasteiger charge is 2.23. The number of aryl methyl sites for hydroxylation is 1. The highest BCUT2D eigenvalue weighted by molar-refractivity contribution is 7.89. The molecule has 0 aromatic heterocycles. The van der Waals surface area contributed by atoms with Crippen LogP contribution in [0.2, 0.25) is 0 Å². The van der Waals surface area contributed by atoms with Crippen LogP contribution in [-0.2, 0) is 14.8 Å². The number of ether oxygens (including phenoxy) is 1. The summed E-state index contributed by atoms with van der Waals surface area (Å²) < 4.78 is 31.5. The fraction of sp³-hybridized carbons (Fsp3) is 0.300. The number of carbonyl (C=O) groups is 1. The second-order valence-electron chi connectivity index (χ2n) is 6.67. The van der Waals surface area contributed by atoms with Crippen LogP contribution in [0.4, 0.5) is 5.69 Å². The zero-order valence-corrected chi connectivity index (χ0v) is 18.0. The van der Waals surface area contributed by atoms with Gasteiger partial charge in [-0.3, -0.25) is 4.79 Å². The van der Waals surface area contributed by atoms with Gasteiger partial charge in [0, 0.05) is 26.8 Å². The Balaban J connectivity index is 1.97. The predicted molar refractivity (Wildman–Crippen MR) is 114 cm³/mol. The standard InChI is InChI=1S/C20H26N4O4S/c1-15-12-18(10-11-19(15)28-5)29(26,27)24(4)14-20(25)22-21-13-16-6-8-17(9-7-16)23(2)3/h6-13H,14H2,1-5H3,(H,22,25)/b21-13+. The lowest BCUT2D eigenvalue weighted by Crippen LogP contribution is -2.36. The molecule has 0 saturated heterocycles. The lowest BCUT2D eigenvalue weighted by molar-refractivity contribution is -0.121. The molecule has 0 spiro atoms. The Hall–Kier alpha value is -2.91. The van der Waals surface area contributed by atoms with Crippen LogP contribution < -0.4 is 15.1 Å². The summed E-state index contributed by atoms with van der Waals surface area (Å²) >= 11 is 0. The Kier molecular flexibility index (Phi) is 7.35. The summed E-state index contributed by atoms with van der Waals surface area (Å²) in [6, 6.07) is 12.1. The zero-order valence-electron chi connectivity index (χ0n) is 17.2. The van der Waals surface area contributed by atoms with Crippen LogP contribution in [0.15, 0.2) is 52.5 Å². The molecule has 2 aromatic rings. The first-order valence-electron chi connectivity index (χ1n) is 8.85. The van der Waals surface area contributed by atoms with Gasteiger partial charge in [0.15, 0.2) is 0 Å². The summed E-state index contributed by atoms with van der Waals surface area (Å²) in [7, 11) is 2.94. The number of methoxy groups -OCH3 is 1. The smallest absolute Gasteiger partial charge is 0.255 e. The summed E-state index contributed by atoms with van der Waals surface area (Å²) in [6.07, 6.45) is 1.50. The monoisotopic (exact) mass is 418 g/mol. The van der Waals surface area contributed by atoms with E-state index >= 15 is 0 Å². The summed E-state index contributed by atoms with van der Waals surface area (Å²) in [5, 5.41) is 3.88. The van der Waals surface area contributed by atoms with E-state index in [0.29, 0.717) is 11.3 Å². The molecule has 156 valence electrons. The van der Waals surface area contributed by atoms with E-state index in [4.69, 9.17) is 4.74 Å². The number of anilines is 1. The van der Waals surface area contributed by atoms with Crippen molar-refractivity contribution < 1.29 is 17.9 Å². The van der Waals surface area contributed by atoms with Crippen molar-refractivity contribution in [2.24, 2.45) is 5.10 Å². The molecule has 0 heterocycles. The van der Waals surface area contributed by atoms with Gasteiger partial charge >= 0.3 is 0 Å². The van der Waals surface area contributed by atoms with E-state index < -0.39 is 15.9 Å². The Morgan fingerprint density at radius 3 is 2.34 bits per heavy atom. The number of hydrogen-bond acceptors (Lipinski definition) is 6. The highest BCUT2D eigenvalue weighted by Crippen LogP contribution is 2.23. The highest BCUT2D eigenvalue weighted by atomic mass is 32.2. The third kappa shape index (κ3) is 5.78. The summed E-state index contributed by atoms with van der Waals surface area (Å²) in [6.45, 7) is 1.40. The normalized spacial score (nSPS) is 11.7. The molecule has 2 aromatic carbocycles. The van der Waals surface area contributed by atoms with Crippen LogP contribution in [-0.4, -0.2) is 59.6 Å². The van der Waals surface area contributed by atoms with Crippen LogP contribution in [0.5, 0.6) is 5.75 Å². The van der Waals surface area contributed by atoms with Gasteiger partial charge in [-0.2, -0.15) is 9.41 Å². The number of hydrogen-bond donors (Lipinski definition) is 1. The van der Waals surface area contributed by atoms with E-state index in [-0.39, 0.29) is 11.4 Å². The number of rotatable bonds is 8. The summed E-state index contributed by atoms with van der Waals surface area (Å²) in [4.78, 5) is 14.1. The molecular weight excluding hydrogens is 392 g/mol. The lowest BCUT2D eigenvalue weighted by Gasteiger charge is -2.17. The largest absolute Gasteiger partial charge is 0.496 e. The molecule has 0 fully saturated rings. The Bertz CT molecular complexity index is 986.